The third-order valence-corrected chi connectivity index (χ3v) is 6.19. The molecule has 3 N–H and O–H groups in total. The fourth-order valence-electron chi connectivity index (χ4n) is 2.90. The van der Waals surface area contributed by atoms with Crippen molar-refractivity contribution in [2.75, 3.05) is 19.3 Å². The van der Waals surface area contributed by atoms with E-state index in [0.717, 1.165) is 4.90 Å². The van der Waals surface area contributed by atoms with Crippen LogP contribution in [0.3, 0.4) is 0 Å². The van der Waals surface area contributed by atoms with Gasteiger partial charge in [-0.05, 0) is 43.3 Å². The van der Waals surface area contributed by atoms with Crippen LogP contribution in [0.2, 0.25) is 0 Å². The number of amides is 2. The summed E-state index contributed by atoms with van der Waals surface area (Å²) in [6.45, 7) is 1.69. The van der Waals surface area contributed by atoms with Gasteiger partial charge in [-0.15, -0.1) is 0 Å². The first kappa shape index (κ1) is 20.6. The van der Waals surface area contributed by atoms with Gasteiger partial charge in [0.15, 0.2) is 5.84 Å². The summed E-state index contributed by atoms with van der Waals surface area (Å²) in [5.74, 6) is -0.692. The Bertz CT molecular complexity index is 970. The van der Waals surface area contributed by atoms with Gasteiger partial charge in [0.2, 0.25) is 0 Å². The molecule has 9 nitrogen and oxygen atoms in total. The Kier molecular flexibility index (Phi) is 6.00. The van der Waals surface area contributed by atoms with Crippen molar-refractivity contribution < 1.29 is 28.4 Å². The lowest BCUT2D eigenvalue weighted by molar-refractivity contribution is 0.0662. The van der Waals surface area contributed by atoms with E-state index in [4.69, 9.17) is 20.0 Å². The van der Waals surface area contributed by atoms with Gasteiger partial charge in [0.25, 0.3) is 11.8 Å². The molecule has 0 saturated carbocycles. The zero-order valence-corrected chi connectivity index (χ0v) is 16.5. The Labute approximate surface area is 167 Å². The largest absolute Gasteiger partial charge is 0.424 e. The standard InChI is InChI=1S/C19H20N3O6P/c1-2-27-29(26,28-14-9-7-13(8-10-14)17(20)21-25)12-11-22-18(23)15-5-3-4-6-16(15)19(22)24/h3-10,25H,2,11-12H2,1H3,(H2,20,21). The van der Waals surface area contributed by atoms with E-state index in [1.54, 1.807) is 31.2 Å². The maximum Gasteiger partial charge on any atom is 0.380 e. The molecule has 1 aliphatic rings. The molecule has 1 aliphatic heterocycles. The van der Waals surface area contributed by atoms with Crippen LogP contribution in [0.25, 0.3) is 0 Å². The van der Waals surface area contributed by atoms with Gasteiger partial charge in [0, 0.05) is 12.1 Å². The molecule has 0 fully saturated rings. The Balaban J connectivity index is 1.72. The zero-order valence-electron chi connectivity index (χ0n) is 15.6. The van der Waals surface area contributed by atoms with Crippen molar-refractivity contribution in [3.8, 4) is 5.75 Å². The Morgan fingerprint density at radius 1 is 1.10 bits per heavy atom. The maximum absolute atomic E-state index is 13.1. The number of hydrogen-bond acceptors (Lipinski definition) is 7. The summed E-state index contributed by atoms with van der Waals surface area (Å²) < 4.78 is 24.0. The van der Waals surface area contributed by atoms with Crippen LogP contribution in [-0.2, 0) is 9.09 Å². The van der Waals surface area contributed by atoms with Crippen molar-refractivity contribution in [3.05, 3.63) is 65.2 Å². The van der Waals surface area contributed by atoms with Gasteiger partial charge in [-0.2, -0.15) is 0 Å². The van der Waals surface area contributed by atoms with Gasteiger partial charge in [-0.1, -0.05) is 17.3 Å². The molecule has 0 aromatic heterocycles. The molecule has 1 heterocycles. The van der Waals surface area contributed by atoms with Crippen molar-refractivity contribution in [2.45, 2.75) is 6.92 Å². The second kappa shape index (κ2) is 8.46. The second-order valence-corrected chi connectivity index (χ2v) is 8.27. The molecule has 0 spiro atoms. The zero-order chi connectivity index (χ0) is 21.0. The highest BCUT2D eigenvalue weighted by Gasteiger charge is 2.37. The fourth-order valence-corrected chi connectivity index (χ4v) is 4.46. The highest BCUT2D eigenvalue weighted by Crippen LogP contribution is 2.48. The molecule has 2 aromatic carbocycles. The van der Waals surface area contributed by atoms with Crippen LogP contribution in [0, 0.1) is 0 Å². The second-order valence-electron chi connectivity index (χ2n) is 6.16. The first-order chi connectivity index (χ1) is 13.9. The van der Waals surface area contributed by atoms with Crippen molar-refractivity contribution in [3.63, 3.8) is 0 Å². The first-order valence-electron chi connectivity index (χ1n) is 8.85. The molecule has 10 heteroatoms. The van der Waals surface area contributed by atoms with Crippen LogP contribution in [-0.4, -0.2) is 47.1 Å². The number of rotatable bonds is 8. The van der Waals surface area contributed by atoms with E-state index in [-0.39, 0.29) is 30.9 Å². The number of nitrogens with zero attached hydrogens (tertiary/aromatic N) is 2. The van der Waals surface area contributed by atoms with Gasteiger partial charge < -0.3 is 20.0 Å². The number of nitrogens with two attached hydrogens (primary N) is 1. The molecule has 29 heavy (non-hydrogen) atoms. The summed E-state index contributed by atoms with van der Waals surface area (Å²) in [6.07, 6.45) is -0.158. The average Bonchev–Trinajstić information content (AvgIpc) is 2.97. The number of carbonyl (C=O) groups excluding carboxylic acids is 2. The number of benzene rings is 2. The van der Waals surface area contributed by atoms with Crippen LogP contribution in [0.4, 0.5) is 0 Å². The van der Waals surface area contributed by atoms with Crippen molar-refractivity contribution in [2.24, 2.45) is 10.9 Å². The Hall–Kier alpha value is -3.16. The highest BCUT2D eigenvalue weighted by atomic mass is 31.2. The van der Waals surface area contributed by atoms with E-state index in [1.807, 2.05) is 0 Å². The third kappa shape index (κ3) is 4.31. The number of hydrogen-bond donors (Lipinski definition) is 2. The average molecular weight is 417 g/mol. The molecule has 2 aromatic rings. The van der Waals surface area contributed by atoms with Crippen LogP contribution in [0.1, 0.15) is 33.2 Å². The molecule has 0 bridgehead atoms. The minimum absolute atomic E-state index is 0.0739. The molecule has 2 amide bonds. The summed E-state index contributed by atoms with van der Waals surface area (Å²) >= 11 is 0. The van der Waals surface area contributed by atoms with E-state index in [1.165, 1.54) is 24.3 Å². The topological polar surface area (TPSA) is 132 Å². The van der Waals surface area contributed by atoms with E-state index in [0.29, 0.717) is 16.7 Å². The lowest BCUT2D eigenvalue weighted by atomic mass is 10.1. The minimum Gasteiger partial charge on any atom is -0.424 e. The molecule has 152 valence electrons. The summed E-state index contributed by atoms with van der Waals surface area (Å²) in [7, 11) is -3.64. The van der Waals surface area contributed by atoms with Gasteiger partial charge >= 0.3 is 7.60 Å². The van der Waals surface area contributed by atoms with Crippen LogP contribution >= 0.6 is 7.60 Å². The predicted octanol–water partition coefficient (Wildman–Crippen LogP) is 2.69. The third-order valence-electron chi connectivity index (χ3n) is 4.30. The van der Waals surface area contributed by atoms with Gasteiger partial charge in [0.1, 0.15) is 5.75 Å². The Morgan fingerprint density at radius 2 is 1.69 bits per heavy atom. The van der Waals surface area contributed by atoms with Crippen LogP contribution in [0.5, 0.6) is 5.75 Å². The molecule has 0 radical (unpaired) electrons. The van der Waals surface area contributed by atoms with E-state index >= 15 is 0 Å². The molecule has 0 saturated heterocycles. The predicted molar refractivity (Wildman–Crippen MR) is 105 cm³/mol. The van der Waals surface area contributed by atoms with E-state index in [2.05, 4.69) is 5.16 Å². The quantitative estimate of drug-likeness (QED) is 0.169. The van der Waals surface area contributed by atoms with Crippen molar-refractivity contribution >= 4 is 25.2 Å². The summed E-state index contributed by atoms with van der Waals surface area (Å²) in [5, 5.41) is 11.6. The summed E-state index contributed by atoms with van der Waals surface area (Å²) in [4.78, 5) is 26.0. The van der Waals surface area contributed by atoms with E-state index < -0.39 is 19.4 Å². The number of oxime groups is 1. The van der Waals surface area contributed by atoms with Crippen LogP contribution < -0.4 is 10.3 Å². The summed E-state index contributed by atoms with van der Waals surface area (Å²) in [6, 6.07) is 12.6. The molecule has 1 atom stereocenters. The lowest BCUT2D eigenvalue weighted by Crippen LogP contribution is -2.33. The molecule has 3 rings (SSSR count). The van der Waals surface area contributed by atoms with Crippen molar-refractivity contribution in [1.82, 2.24) is 4.90 Å². The van der Waals surface area contributed by atoms with Gasteiger partial charge in [-0.25, -0.2) is 4.57 Å². The normalized spacial score (nSPS) is 15.9. The molecular weight excluding hydrogens is 397 g/mol. The van der Waals surface area contributed by atoms with Gasteiger partial charge in [0.05, 0.1) is 23.9 Å². The Morgan fingerprint density at radius 3 is 2.21 bits per heavy atom. The molecular formula is C19H20N3O6P. The number of amidine groups is 1. The van der Waals surface area contributed by atoms with Crippen molar-refractivity contribution in [1.29, 1.82) is 0 Å². The van der Waals surface area contributed by atoms with E-state index in [9.17, 15) is 14.2 Å². The number of carbonyl (C=O) groups is 2. The van der Waals surface area contributed by atoms with Gasteiger partial charge in [-0.3, -0.25) is 14.5 Å². The monoisotopic (exact) mass is 417 g/mol. The number of fused-ring (bicyclic) bond motifs is 1. The SMILES string of the molecule is CCOP(=O)(CCN1C(=O)c2ccccc2C1=O)Oc1ccc(/C(N)=N/O)cc1. The molecule has 0 aliphatic carbocycles. The smallest absolute Gasteiger partial charge is 0.380 e. The maximum atomic E-state index is 13.1. The molecule has 1 unspecified atom stereocenters. The first-order valence-corrected chi connectivity index (χ1v) is 10.6. The summed E-state index contributed by atoms with van der Waals surface area (Å²) in [5.41, 5.74) is 6.61. The minimum atomic E-state index is -3.64. The van der Waals surface area contributed by atoms with Crippen LogP contribution in [0.15, 0.2) is 53.7 Å². The fraction of sp³-hybridized carbons (Fsp3) is 0.211. The number of imide groups is 1. The highest BCUT2D eigenvalue weighted by molar-refractivity contribution is 7.54. The lowest BCUT2D eigenvalue weighted by Gasteiger charge is -2.21.